The Bertz CT molecular complexity index is 496. The topological polar surface area (TPSA) is 52.9 Å². The van der Waals surface area contributed by atoms with Crippen LogP contribution < -0.4 is 5.32 Å². The van der Waals surface area contributed by atoms with Crippen LogP contribution in [0.4, 0.5) is 0 Å². The van der Waals surface area contributed by atoms with Crippen molar-refractivity contribution in [2.45, 2.75) is 50.5 Å². The van der Waals surface area contributed by atoms with E-state index in [1.807, 2.05) is 12.1 Å². The molecular weight excluding hydrogens is 316 g/mol. The Morgan fingerprint density at radius 1 is 1.10 bits per heavy atom. The predicted octanol–water partition coefficient (Wildman–Crippen LogP) is 4.19. The quantitative estimate of drug-likeness (QED) is 0.881. The molecule has 1 aromatic rings. The summed E-state index contributed by atoms with van der Waals surface area (Å²) in [6.07, 6.45) is 7.07. The second-order valence-electron chi connectivity index (χ2n) is 5.42. The van der Waals surface area contributed by atoms with Crippen molar-refractivity contribution in [3.05, 3.63) is 34.3 Å². The Hall–Kier alpha value is -1.34. The number of hydrogen-bond acceptors (Lipinski definition) is 2. The highest BCUT2D eigenvalue weighted by molar-refractivity contribution is 9.10. The maximum atomic E-state index is 12.3. The zero-order valence-corrected chi connectivity index (χ0v) is 13.1. The summed E-state index contributed by atoms with van der Waals surface area (Å²) in [6.45, 7) is 0. The molecule has 0 spiro atoms. The van der Waals surface area contributed by atoms with Gasteiger partial charge in [0.05, 0.1) is 6.07 Å². The zero-order valence-electron chi connectivity index (χ0n) is 11.5. The number of nitrogens with zero attached hydrogens (tertiary/aromatic N) is 1. The smallest absolute Gasteiger partial charge is 0.252 e. The lowest BCUT2D eigenvalue weighted by Crippen LogP contribution is -2.47. The highest BCUT2D eigenvalue weighted by Gasteiger charge is 2.32. The Kier molecular flexibility index (Phi) is 5.19. The summed E-state index contributed by atoms with van der Waals surface area (Å²) < 4.78 is 0.940. The van der Waals surface area contributed by atoms with Crippen molar-refractivity contribution in [2.75, 3.05) is 0 Å². The van der Waals surface area contributed by atoms with E-state index in [1.54, 1.807) is 12.1 Å². The van der Waals surface area contributed by atoms with Crippen molar-refractivity contribution in [2.24, 2.45) is 0 Å². The van der Waals surface area contributed by atoms with Gasteiger partial charge in [0.2, 0.25) is 0 Å². The minimum atomic E-state index is -0.690. The van der Waals surface area contributed by atoms with Gasteiger partial charge in [-0.3, -0.25) is 4.79 Å². The lowest BCUT2D eigenvalue weighted by molar-refractivity contribution is 0.0907. The number of benzene rings is 1. The van der Waals surface area contributed by atoms with Crippen LogP contribution in [0.2, 0.25) is 0 Å². The van der Waals surface area contributed by atoms with Crippen molar-refractivity contribution in [3.8, 4) is 6.07 Å². The molecule has 1 aliphatic carbocycles. The summed E-state index contributed by atoms with van der Waals surface area (Å²) in [5.41, 5.74) is -0.0882. The lowest BCUT2D eigenvalue weighted by atomic mass is 9.85. The van der Waals surface area contributed by atoms with Crippen LogP contribution >= 0.6 is 15.9 Å². The number of carbonyl (C=O) groups is 1. The molecule has 0 bridgehead atoms. The van der Waals surface area contributed by atoms with Gasteiger partial charge < -0.3 is 5.32 Å². The van der Waals surface area contributed by atoms with E-state index in [1.165, 1.54) is 6.42 Å². The third-order valence-electron chi connectivity index (χ3n) is 3.88. The zero-order chi connectivity index (χ0) is 14.4. The van der Waals surface area contributed by atoms with E-state index in [0.29, 0.717) is 5.56 Å². The number of carbonyl (C=O) groups excluding carboxylic acids is 1. The van der Waals surface area contributed by atoms with Gasteiger partial charge in [0.25, 0.3) is 5.91 Å². The normalized spacial score (nSPS) is 18.4. The summed E-state index contributed by atoms with van der Waals surface area (Å²) in [5, 5.41) is 12.5. The largest absolute Gasteiger partial charge is 0.334 e. The maximum absolute atomic E-state index is 12.3. The predicted molar refractivity (Wildman–Crippen MR) is 82.3 cm³/mol. The van der Waals surface area contributed by atoms with E-state index < -0.39 is 5.54 Å². The van der Waals surface area contributed by atoms with Crippen LogP contribution in [0.1, 0.15) is 55.3 Å². The molecule has 0 atom stereocenters. The first-order chi connectivity index (χ1) is 9.65. The molecule has 1 N–H and O–H groups in total. The third kappa shape index (κ3) is 3.83. The van der Waals surface area contributed by atoms with Crippen LogP contribution in [-0.2, 0) is 0 Å². The number of halogens is 1. The molecule has 106 valence electrons. The number of rotatable bonds is 2. The van der Waals surface area contributed by atoms with Crippen LogP contribution in [0.5, 0.6) is 0 Å². The van der Waals surface area contributed by atoms with Crippen molar-refractivity contribution < 1.29 is 4.79 Å². The van der Waals surface area contributed by atoms with Gasteiger partial charge in [-0.2, -0.15) is 5.26 Å². The molecule has 1 amide bonds. The Labute approximate surface area is 128 Å². The summed E-state index contributed by atoms with van der Waals surface area (Å²) in [6, 6.07) is 9.58. The second kappa shape index (κ2) is 6.90. The van der Waals surface area contributed by atoms with Crippen molar-refractivity contribution in [1.29, 1.82) is 5.26 Å². The Morgan fingerprint density at radius 3 is 2.20 bits per heavy atom. The average molecular weight is 335 g/mol. The van der Waals surface area contributed by atoms with E-state index in [4.69, 9.17) is 0 Å². The molecule has 1 aromatic carbocycles. The van der Waals surface area contributed by atoms with Gasteiger partial charge in [-0.25, -0.2) is 0 Å². The lowest BCUT2D eigenvalue weighted by Gasteiger charge is -2.29. The molecular formula is C16H19BrN2O. The third-order valence-corrected chi connectivity index (χ3v) is 4.41. The van der Waals surface area contributed by atoms with E-state index in [9.17, 15) is 10.1 Å². The van der Waals surface area contributed by atoms with Crippen molar-refractivity contribution in [1.82, 2.24) is 5.32 Å². The SMILES string of the molecule is N#CC1(NC(=O)c2ccc(Br)cc2)CCCCCCC1. The number of amides is 1. The van der Waals surface area contributed by atoms with Gasteiger partial charge in [0.15, 0.2) is 0 Å². The molecule has 4 heteroatoms. The molecule has 0 aromatic heterocycles. The van der Waals surface area contributed by atoms with Gasteiger partial charge in [-0.15, -0.1) is 0 Å². The van der Waals surface area contributed by atoms with E-state index >= 15 is 0 Å². The summed E-state index contributed by atoms with van der Waals surface area (Å²) in [5.74, 6) is -0.153. The Morgan fingerprint density at radius 2 is 1.65 bits per heavy atom. The van der Waals surface area contributed by atoms with E-state index in [2.05, 4.69) is 27.3 Å². The molecule has 3 nitrogen and oxygen atoms in total. The first-order valence-electron chi connectivity index (χ1n) is 7.15. The maximum Gasteiger partial charge on any atom is 0.252 e. The molecule has 0 heterocycles. The fourth-order valence-corrected chi connectivity index (χ4v) is 2.93. The standard InChI is InChI=1S/C16H19BrN2O/c17-14-8-6-13(7-9-14)15(20)19-16(12-18)10-4-2-1-3-5-11-16/h6-9H,1-5,10-11H2,(H,19,20). The Balaban J connectivity index is 2.10. The monoisotopic (exact) mass is 334 g/mol. The summed E-state index contributed by atoms with van der Waals surface area (Å²) >= 11 is 3.35. The molecule has 0 radical (unpaired) electrons. The molecule has 1 fully saturated rings. The fourth-order valence-electron chi connectivity index (χ4n) is 2.66. The average Bonchev–Trinajstić information content (AvgIpc) is 2.43. The van der Waals surface area contributed by atoms with E-state index in [-0.39, 0.29) is 5.91 Å². The van der Waals surface area contributed by atoms with Crippen LogP contribution in [0.15, 0.2) is 28.7 Å². The van der Waals surface area contributed by atoms with Gasteiger partial charge in [0.1, 0.15) is 5.54 Å². The minimum Gasteiger partial charge on any atom is -0.334 e. The molecule has 0 saturated heterocycles. The molecule has 0 aliphatic heterocycles. The van der Waals surface area contributed by atoms with Crippen LogP contribution in [-0.4, -0.2) is 11.4 Å². The summed E-state index contributed by atoms with van der Waals surface area (Å²) in [7, 11) is 0. The van der Waals surface area contributed by atoms with Crippen LogP contribution in [0, 0.1) is 11.3 Å². The molecule has 20 heavy (non-hydrogen) atoms. The van der Waals surface area contributed by atoms with Crippen molar-refractivity contribution >= 4 is 21.8 Å². The van der Waals surface area contributed by atoms with Crippen molar-refractivity contribution in [3.63, 3.8) is 0 Å². The van der Waals surface area contributed by atoms with Gasteiger partial charge in [-0.05, 0) is 37.1 Å². The number of nitriles is 1. The van der Waals surface area contributed by atoms with Crippen LogP contribution in [0.25, 0.3) is 0 Å². The van der Waals surface area contributed by atoms with Gasteiger partial charge in [-0.1, -0.05) is 48.0 Å². The first-order valence-corrected chi connectivity index (χ1v) is 7.94. The minimum absolute atomic E-state index is 0.153. The number of hydrogen-bond donors (Lipinski definition) is 1. The van der Waals surface area contributed by atoms with Gasteiger partial charge in [0, 0.05) is 10.0 Å². The summed E-state index contributed by atoms with van der Waals surface area (Å²) in [4.78, 5) is 12.3. The molecule has 0 unspecified atom stereocenters. The highest BCUT2D eigenvalue weighted by atomic mass is 79.9. The first kappa shape index (κ1) is 15.1. The fraction of sp³-hybridized carbons (Fsp3) is 0.500. The highest BCUT2D eigenvalue weighted by Crippen LogP contribution is 2.26. The molecule has 1 aliphatic rings. The van der Waals surface area contributed by atoms with Crippen LogP contribution in [0.3, 0.4) is 0 Å². The van der Waals surface area contributed by atoms with E-state index in [0.717, 1.165) is 43.0 Å². The second-order valence-corrected chi connectivity index (χ2v) is 6.34. The molecule has 1 saturated carbocycles. The number of nitrogens with one attached hydrogen (secondary N) is 1. The molecule has 2 rings (SSSR count). The van der Waals surface area contributed by atoms with Gasteiger partial charge >= 0.3 is 0 Å².